The highest BCUT2D eigenvalue weighted by molar-refractivity contribution is 8.47. The predicted molar refractivity (Wildman–Crippen MR) is 188 cm³/mol. The molecule has 0 N–H and O–H groups in total. The summed E-state index contributed by atoms with van der Waals surface area (Å²) in [6, 6.07) is 4.52. The third-order valence-corrected chi connectivity index (χ3v) is 10.7. The SMILES string of the molecule is CCCCCCCCCCCCSC(=S)SC(C)(C#N)CCC(=O)OCCCCOC(=O)CCC(C)(C#N)SC(C)=S. The maximum atomic E-state index is 12.2. The van der Waals surface area contributed by atoms with E-state index in [1.807, 2.05) is 6.92 Å². The van der Waals surface area contributed by atoms with Crippen molar-refractivity contribution in [1.29, 1.82) is 10.5 Å². The Kier molecular flexibility index (Phi) is 25.0. The lowest BCUT2D eigenvalue weighted by Crippen LogP contribution is -2.21. The number of hydrogen-bond acceptors (Lipinski definition) is 11. The molecule has 0 bridgehead atoms. The Morgan fingerprint density at radius 3 is 1.57 bits per heavy atom. The highest BCUT2D eigenvalue weighted by Gasteiger charge is 2.28. The molecule has 11 heteroatoms. The Bertz CT molecular complexity index is 905. The van der Waals surface area contributed by atoms with E-state index >= 15 is 0 Å². The molecule has 0 aromatic rings. The fourth-order valence-corrected chi connectivity index (χ4v) is 8.34. The lowest BCUT2D eigenvalue weighted by Gasteiger charge is -2.20. The third kappa shape index (κ3) is 23.6. The summed E-state index contributed by atoms with van der Waals surface area (Å²) in [5.41, 5.74) is 0. The average molecular weight is 675 g/mol. The van der Waals surface area contributed by atoms with Gasteiger partial charge in [-0.05, 0) is 58.6 Å². The fraction of sp³-hybridized carbons (Fsp3) is 0.806. The van der Waals surface area contributed by atoms with E-state index in [9.17, 15) is 20.1 Å². The molecule has 0 aromatic heterocycles. The minimum atomic E-state index is -0.767. The zero-order chi connectivity index (χ0) is 31.7. The lowest BCUT2D eigenvalue weighted by atomic mass is 10.1. The molecule has 0 amide bonds. The van der Waals surface area contributed by atoms with Gasteiger partial charge in [-0.25, -0.2) is 0 Å². The number of rotatable bonds is 24. The maximum absolute atomic E-state index is 12.2. The highest BCUT2D eigenvalue weighted by atomic mass is 32.2. The molecule has 42 heavy (non-hydrogen) atoms. The average Bonchev–Trinajstić information content (AvgIpc) is 2.95. The van der Waals surface area contributed by atoms with Crippen LogP contribution < -0.4 is 0 Å². The van der Waals surface area contributed by atoms with Gasteiger partial charge in [-0.15, -0.1) is 11.8 Å². The van der Waals surface area contributed by atoms with Crippen LogP contribution in [-0.2, 0) is 19.1 Å². The van der Waals surface area contributed by atoms with Crippen molar-refractivity contribution in [2.24, 2.45) is 0 Å². The first-order valence-electron chi connectivity index (χ1n) is 15.2. The molecule has 6 nitrogen and oxygen atoms in total. The quantitative estimate of drug-likeness (QED) is 0.0556. The molecule has 0 aliphatic rings. The van der Waals surface area contributed by atoms with Gasteiger partial charge in [0, 0.05) is 17.0 Å². The molecule has 0 aliphatic carbocycles. The fourth-order valence-electron chi connectivity index (χ4n) is 3.94. The van der Waals surface area contributed by atoms with Gasteiger partial charge in [0.05, 0.1) is 25.4 Å². The second kappa shape index (κ2) is 25.5. The Morgan fingerprint density at radius 1 is 0.714 bits per heavy atom. The van der Waals surface area contributed by atoms with Crippen molar-refractivity contribution in [3.63, 3.8) is 0 Å². The third-order valence-electron chi connectivity index (χ3n) is 6.55. The molecule has 0 aromatic carbocycles. The molecule has 2 unspecified atom stereocenters. The normalized spacial score (nSPS) is 13.7. The van der Waals surface area contributed by atoms with Crippen LogP contribution in [0.2, 0.25) is 0 Å². The second-order valence-corrected chi connectivity index (χ2v) is 17.2. The predicted octanol–water partition coefficient (Wildman–Crippen LogP) is 9.73. The van der Waals surface area contributed by atoms with Crippen LogP contribution >= 0.6 is 59.7 Å². The molecule has 0 saturated carbocycles. The number of nitrogens with zero attached hydrogens (tertiary/aromatic N) is 2. The van der Waals surface area contributed by atoms with Crippen LogP contribution in [0.1, 0.15) is 130 Å². The topological polar surface area (TPSA) is 100 Å². The molecule has 0 saturated heterocycles. The van der Waals surface area contributed by atoms with E-state index in [2.05, 4.69) is 19.1 Å². The molecule has 238 valence electrons. The van der Waals surface area contributed by atoms with Crippen molar-refractivity contribution in [3.8, 4) is 12.1 Å². The number of thiocarbonyl (C=S) groups is 2. The summed E-state index contributed by atoms with van der Waals surface area (Å²) >= 11 is 14.8. The van der Waals surface area contributed by atoms with Crippen LogP contribution in [0.3, 0.4) is 0 Å². The number of thioether (sulfide) groups is 3. The van der Waals surface area contributed by atoms with Crippen molar-refractivity contribution in [1.82, 2.24) is 0 Å². The van der Waals surface area contributed by atoms with Crippen LogP contribution in [0.15, 0.2) is 0 Å². The zero-order valence-electron chi connectivity index (χ0n) is 26.0. The highest BCUT2D eigenvalue weighted by Crippen LogP contribution is 2.35. The van der Waals surface area contributed by atoms with Crippen LogP contribution in [0.25, 0.3) is 0 Å². The molecule has 0 aliphatic heterocycles. The van der Waals surface area contributed by atoms with E-state index in [4.69, 9.17) is 33.9 Å². The van der Waals surface area contributed by atoms with E-state index in [-0.39, 0.29) is 38.0 Å². The molecular formula is C31H50N2O4S5. The minimum Gasteiger partial charge on any atom is -0.466 e. The molecule has 0 radical (unpaired) electrons. The summed E-state index contributed by atoms with van der Waals surface area (Å²) in [4.78, 5) is 24.2. The van der Waals surface area contributed by atoms with Gasteiger partial charge in [0.15, 0.2) is 0 Å². The Morgan fingerprint density at radius 2 is 1.14 bits per heavy atom. The van der Waals surface area contributed by atoms with Gasteiger partial charge in [0.25, 0.3) is 0 Å². The number of nitriles is 2. The number of esters is 2. The number of unbranched alkanes of at least 4 members (excludes halogenated alkanes) is 10. The van der Waals surface area contributed by atoms with E-state index in [1.54, 1.807) is 25.6 Å². The van der Waals surface area contributed by atoms with Gasteiger partial charge in [-0.1, -0.05) is 113 Å². The number of ether oxygens (including phenoxy) is 2. The Hall–Kier alpha value is -0.850. The van der Waals surface area contributed by atoms with E-state index in [0.717, 1.165) is 15.7 Å². The van der Waals surface area contributed by atoms with Gasteiger partial charge >= 0.3 is 11.9 Å². The first-order valence-corrected chi connectivity index (χ1v) is 18.6. The molecule has 0 heterocycles. The molecule has 0 rings (SSSR count). The lowest BCUT2D eigenvalue weighted by molar-refractivity contribution is -0.146. The summed E-state index contributed by atoms with van der Waals surface area (Å²) in [6.45, 7) is 8.06. The van der Waals surface area contributed by atoms with Crippen molar-refractivity contribution in [3.05, 3.63) is 0 Å². The van der Waals surface area contributed by atoms with E-state index in [1.165, 1.54) is 81.3 Å². The Balaban J connectivity index is 3.96. The number of carbonyl (C=O) groups excluding carboxylic acids is 2. The monoisotopic (exact) mass is 674 g/mol. The van der Waals surface area contributed by atoms with Gasteiger partial charge < -0.3 is 9.47 Å². The largest absolute Gasteiger partial charge is 0.466 e. The van der Waals surface area contributed by atoms with Crippen molar-refractivity contribution in [2.45, 2.75) is 140 Å². The standard InChI is InChI=1S/C31H50N2O4S5/c1-5-6-7-8-9-10-11-12-13-16-23-40-29(39)42-31(4,25-33)20-18-28(35)37-22-15-14-21-36-27(34)17-19-30(3,24-32)41-26(2)38/h5-23H2,1-4H3. The van der Waals surface area contributed by atoms with Gasteiger partial charge in [0.2, 0.25) is 0 Å². The van der Waals surface area contributed by atoms with Crippen LogP contribution in [-0.4, -0.2) is 48.1 Å². The molecular weight excluding hydrogens is 625 g/mol. The second-order valence-electron chi connectivity index (χ2n) is 10.8. The van der Waals surface area contributed by atoms with E-state index in [0.29, 0.717) is 29.9 Å². The molecule has 0 spiro atoms. The Labute approximate surface area is 278 Å². The first kappa shape index (κ1) is 41.1. The number of hydrogen-bond donors (Lipinski definition) is 0. The van der Waals surface area contributed by atoms with Crippen molar-refractivity contribution in [2.75, 3.05) is 19.0 Å². The van der Waals surface area contributed by atoms with Crippen LogP contribution in [0.4, 0.5) is 0 Å². The summed E-state index contributed by atoms with van der Waals surface area (Å²) in [7, 11) is 0. The van der Waals surface area contributed by atoms with Crippen LogP contribution in [0.5, 0.6) is 0 Å². The first-order chi connectivity index (χ1) is 20.0. The summed E-state index contributed by atoms with van der Waals surface area (Å²) in [5, 5.41) is 19.0. The molecule has 2 atom stereocenters. The smallest absolute Gasteiger partial charge is 0.305 e. The number of carbonyl (C=O) groups is 2. The molecule has 0 fully saturated rings. The van der Waals surface area contributed by atoms with Gasteiger partial charge in [-0.2, -0.15) is 10.5 Å². The van der Waals surface area contributed by atoms with Crippen molar-refractivity contribution < 1.29 is 19.1 Å². The van der Waals surface area contributed by atoms with Gasteiger partial charge in [-0.3, -0.25) is 9.59 Å². The minimum absolute atomic E-state index is 0.144. The van der Waals surface area contributed by atoms with Gasteiger partial charge in [0.1, 0.15) is 13.0 Å². The summed E-state index contributed by atoms with van der Waals surface area (Å²) < 4.78 is 10.4. The maximum Gasteiger partial charge on any atom is 0.305 e. The summed E-state index contributed by atoms with van der Waals surface area (Å²) in [6.07, 6.45) is 15.2. The zero-order valence-corrected chi connectivity index (χ0v) is 30.1. The summed E-state index contributed by atoms with van der Waals surface area (Å²) in [5.74, 6) is 0.261. The van der Waals surface area contributed by atoms with Crippen LogP contribution in [0, 0.1) is 22.7 Å². The van der Waals surface area contributed by atoms with E-state index < -0.39 is 9.49 Å². The van der Waals surface area contributed by atoms with Crippen molar-refractivity contribution >= 4 is 79.4 Å².